The minimum atomic E-state index is -2.92. The van der Waals surface area contributed by atoms with Crippen molar-refractivity contribution in [3.63, 3.8) is 0 Å². The third-order valence-electron chi connectivity index (χ3n) is 31.4. The van der Waals surface area contributed by atoms with Gasteiger partial charge in [-0.2, -0.15) is 8.78 Å². The Hall–Kier alpha value is -7.99. The molecule has 0 N–H and O–H groups in total. The Morgan fingerprint density at radius 2 is 0.809 bits per heavy atom. The van der Waals surface area contributed by atoms with Crippen molar-refractivity contribution in [1.82, 2.24) is 105 Å². The first-order valence-electron chi connectivity index (χ1n) is 55.1. The van der Waals surface area contributed by atoms with Crippen molar-refractivity contribution in [1.29, 1.82) is 0 Å². The largest absolute Gasteiger partial charge is 0.362 e. The SMILES string of the molecule is CC(C)(C)C1CCCCc2c(nnn2C(C)(C)C)C1.CC(C)(C)C1CCCCc2c(nnn2C(C)(C)C)C1(F)F.CC(C)(C)CC1C2CCc3nnn(C(C)(C)C)c3CCC21.CC(C)(C)N1Cc2ccccc2-c2nnn(C(C)(C)C)c2-c2ccccc21.CC(C)C1CCCCCc2c1nnn2C(C)C.CC(C)n1nnc2c1CCCC(C(C)(C)C)CC2.CC(C)n1nnc2c1CCCCCC2(F)C(C)C. The van der Waals surface area contributed by atoms with Gasteiger partial charge < -0.3 is 4.90 Å². The summed E-state index contributed by atoms with van der Waals surface area (Å²) in [6.45, 7) is 81.8. The summed E-state index contributed by atoms with van der Waals surface area (Å²) in [5, 5.41) is 61.0. The van der Waals surface area contributed by atoms with Gasteiger partial charge in [-0.15, -0.1) is 35.7 Å². The average molecular weight is 1950 g/mol. The van der Waals surface area contributed by atoms with Crippen LogP contribution >= 0.6 is 0 Å². The van der Waals surface area contributed by atoms with Gasteiger partial charge in [0.1, 0.15) is 11.4 Å². The van der Waals surface area contributed by atoms with Crippen molar-refractivity contribution in [2.24, 2.45) is 69.0 Å². The van der Waals surface area contributed by atoms with Gasteiger partial charge in [0, 0.05) is 58.9 Å². The Morgan fingerprint density at radius 1 is 0.362 bits per heavy atom. The van der Waals surface area contributed by atoms with E-state index in [1.807, 2.05) is 60.1 Å². The lowest BCUT2D eigenvalue weighted by atomic mass is 9.72. The smallest absolute Gasteiger partial charge is 0.296 e. The van der Waals surface area contributed by atoms with E-state index in [2.05, 4.69) is 350 Å². The number of hydrogen-bond donors (Lipinski definition) is 0. The monoisotopic (exact) mass is 1950 g/mol. The lowest BCUT2D eigenvalue weighted by Gasteiger charge is -2.40. The molecule has 0 spiro atoms. The topological polar surface area (TPSA) is 218 Å². The molecule has 9 aromatic rings. The molecule has 22 nitrogen and oxygen atoms in total. The van der Waals surface area contributed by atoms with E-state index >= 15 is 13.2 Å². The number of benzene rings is 2. The van der Waals surface area contributed by atoms with E-state index in [9.17, 15) is 0 Å². The third-order valence-corrected chi connectivity index (χ3v) is 31.4. The number of nitrogens with zero attached hydrogens (tertiary/aromatic N) is 22. The van der Waals surface area contributed by atoms with Crippen LogP contribution in [0.4, 0.5) is 18.9 Å². The maximum Gasteiger partial charge on any atom is 0.296 e. The highest BCUT2D eigenvalue weighted by Crippen LogP contribution is 2.58. The molecule has 0 radical (unpaired) electrons. The molecule has 2 aromatic carbocycles. The Labute approximate surface area is 850 Å². The second-order valence-corrected chi connectivity index (χ2v) is 54.0. The van der Waals surface area contributed by atoms with Crippen LogP contribution in [0.2, 0.25) is 0 Å². The number of aryl methyl sites for hydroxylation is 2. The summed E-state index contributed by atoms with van der Waals surface area (Å²) < 4.78 is 59.7. The Bertz CT molecular complexity index is 5450. The molecular formula is C116H191F3N22. The highest BCUT2D eigenvalue weighted by molar-refractivity contribution is 5.88. The number of aromatic nitrogens is 21. The zero-order valence-corrected chi connectivity index (χ0v) is 95.2. The first-order chi connectivity index (χ1) is 65.5. The summed E-state index contributed by atoms with van der Waals surface area (Å²) in [5.74, 6) is 2.02. The molecule has 1 saturated carbocycles. The molecule has 786 valence electrons. The first kappa shape index (κ1) is 113. The Kier molecular flexibility index (Phi) is 36.3. The summed E-state index contributed by atoms with van der Waals surface area (Å²) in [4.78, 5) is 2.49. The molecule has 8 aliphatic rings. The zero-order chi connectivity index (χ0) is 104. The van der Waals surface area contributed by atoms with E-state index in [0.717, 1.165) is 130 Å². The van der Waals surface area contributed by atoms with Gasteiger partial charge in [0.2, 0.25) is 0 Å². The number of halogens is 3. The minimum absolute atomic E-state index is 0.0132. The van der Waals surface area contributed by atoms with Crippen molar-refractivity contribution in [2.75, 3.05) is 4.90 Å². The highest BCUT2D eigenvalue weighted by atomic mass is 19.3. The van der Waals surface area contributed by atoms with E-state index in [1.165, 1.54) is 158 Å². The van der Waals surface area contributed by atoms with Gasteiger partial charge in [-0.25, -0.2) is 37.2 Å². The normalized spacial score (nSPS) is 22.0. The second kappa shape index (κ2) is 45.2. The molecule has 7 aliphatic carbocycles. The highest BCUT2D eigenvalue weighted by Gasteiger charge is 2.54. The lowest BCUT2D eigenvalue weighted by molar-refractivity contribution is -0.114. The number of rotatable bonds is 6. The summed E-state index contributed by atoms with van der Waals surface area (Å²) in [6.07, 6.45) is 32.6. The molecule has 25 heteroatoms. The molecule has 8 unspecified atom stereocenters. The van der Waals surface area contributed by atoms with Crippen molar-refractivity contribution in [3.05, 3.63) is 122 Å². The number of alkyl halides is 3. The molecule has 1 fully saturated rings. The molecule has 0 saturated heterocycles. The summed E-state index contributed by atoms with van der Waals surface area (Å²) in [5.41, 5.74) is 18.8. The zero-order valence-electron chi connectivity index (χ0n) is 95.2. The van der Waals surface area contributed by atoms with Crippen LogP contribution in [-0.2, 0) is 98.1 Å². The van der Waals surface area contributed by atoms with Crippen molar-refractivity contribution >= 4 is 5.69 Å². The molecule has 17 rings (SSSR count). The van der Waals surface area contributed by atoms with Gasteiger partial charge in [-0.3, -0.25) is 0 Å². The summed E-state index contributed by atoms with van der Waals surface area (Å²) in [7, 11) is 0. The van der Waals surface area contributed by atoms with E-state index in [-0.39, 0.29) is 45.3 Å². The van der Waals surface area contributed by atoms with Gasteiger partial charge >= 0.3 is 0 Å². The molecule has 7 aromatic heterocycles. The van der Waals surface area contributed by atoms with Crippen LogP contribution in [0.15, 0.2) is 48.5 Å². The van der Waals surface area contributed by atoms with E-state index in [0.29, 0.717) is 70.8 Å². The molecule has 1 aliphatic heterocycles. The summed E-state index contributed by atoms with van der Waals surface area (Å²) in [6, 6.07) is 18.3. The van der Waals surface area contributed by atoms with E-state index < -0.39 is 22.9 Å². The Balaban J connectivity index is 0.000000158. The van der Waals surface area contributed by atoms with Crippen molar-refractivity contribution in [3.8, 4) is 22.5 Å². The van der Waals surface area contributed by atoms with Crippen LogP contribution in [-0.4, -0.2) is 110 Å². The number of para-hydroxylation sites is 1. The first-order valence-corrected chi connectivity index (χ1v) is 55.1. The lowest BCUT2D eigenvalue weighted by Crippen LogP contribution is -2.41. The number of hydrogen-bond acceptors (Lipinski definition) is 15. The third kappa shape index (κ3) is 27.7. The number of fused-ring (bicyclic) bond motifs is 12. The molecule has 0 amide bonds. The van der Waals surface area contributed by atoms with Gasteiger partial charge in [0.05, 0.1) is 84.8 Å². The fourth-order valence-electron chi connectivity index (χ4n) is 23.2. The quantitative estimate of drug-likeness (QED) is 0.151. The van der Waals surface area contributed by atoms with Crippen LogP contribution in [0, 0.1) is 69.0 Å². The van der Waals surface area contributed by atoms with Gasteiger partial charge in [-0.05, 0) is 374 Å². The fourth-order valence-corrected chi connectivity index (χ4v) is 23.2. The standard InChI is InChI=1S/C23H28N4.C18H31N3.C16H27F2N3.C16H29N3.C15H27N3.C14H24FN3.C14H25N3/c1-22(2,3)26-15-16-11-7-8-12-17(16)20-21(18-13-9-10-14-19(18)26)27(25-24-20)23(4,5)6;1-17(2,3)11-14-12-7-9-15-16(10-8-13(12)14)21(20-19-15)18(4,5)6;1-14(2,3)12-10-8-7-9-11-13(16(12,17)18)19-20-21(11)15(4,5)6;1-15(2,3)12-9-7-8-10-14-13(11-12)17-18-19(14)16(4,5)6;1-11(2)18-14-8-6-7-12(15(3,4)5)9-10-13(14)16-17-18;1-10(2)14(15)9-7-5-6-8-12-13(14)16-17-18(12)11(3)4;1-10(2)12-8-6-5-7-9-13-14(12)15-16-17(13)11(3)4/h7-14H,15H2,1-6H3;12-14H,7-11H2,1-6H3;12H,7-10H2,1-6H3;12H,7-11H2,1-6H3;11-12H,6-10H2,1-5H3;10-11H,5-9H2,1-4H3;10-12H,5-9H2,1-4H3. The van der Waals surface area contributed by atoms with Crippen molar-refractivity contribution < 1.29 is 13.2 Å². The molecular weight excluding hydrogens is 1760 g/mol. The van der Waals surface area contributed by atoms with Crippen LogP contribution in [0.3, 0.4) is 0 Å². The van der Waals surface area contributed by atoms with Gasteiger partial charge in [-0.1, -0.05) is 222 Å². The molecule has 141 heavy (non-hydrogen) atoms. The molecule has 8 heterocycles. The molecule has 8 atom stereocenters. The predicted molar refractivity (Wildman–Crippen MR) is 572 cm³/mol. The van der Waals surface area contributed by atoms with Crippen LogP contribution in [0.5, 0.6) is 0 Å². The summed E-state index contributed by atoms with van der Waals surface area (Å²) >= 11 is 0. The van der Waals surface area contributed by atoms with Crippen LogP contribution < -0.4 is 4.90 Å². The van der Waals surface area contributed by atoms with Crippen molar-refractivity contribution in [2.45, 2.75) is 512 Å². The number of anilines is 1. The van der Waals surface area contributed by atoms with Gasteiger partial charge in [0.15, 0.2) is 11.4 Å². The minimum Gasteiger partial charge on any atom is -0.362 e. The average Bonchev–Trinajstić information content (AvgIpc) is 1.65. The maximum absolute atomic E-state index is 15.3. The predicted octanol–water partition coefficient (Wildman–Crippen LogP) is 29.5. The van der Waals surface area contributed by atoms with Gasteiger partial charge in [0.25, 0.3) is 5.92 Å². The maximum atomic E-state index is 15.3. The van der Waals surface area contributed by atoms with Crippen LogP contribution in [0.1, 0.15) is 483 Å². The Morgan fingerprint density at radius 3 is 1.38 bits per heavy atom. The molecule has 0 bridgehead atoms. The van der Waals surface area contributed by atoms with E-state index in [4.69, 9.17) is 0 Å². The van der Waals surface area contributed by atoms with E-state index in [1.54, 1.807) is 4.68 Å². The fraction of sp³-hybridized carbons (Fsp3) is 0.776. The van der Waals surface area contributed by atoms with Crippen LogP contribution in [0.25, 0.3) is 22.5 Å². The second-order valence-electron chi connectivity index (χ2n) is 54.0.